The molecule has 5 nitrogen and oxygen atoms in total. The Balaban J connectivity index is 2.07. The molecule has 0 radical (unpaired) electrons. The second kappa shape index (κ2) is 9.71. The molecule has 1 aromatic carbocycles. The largest absolute Gasteiger partial charge is 0.379 e. The number of carbonyl (C=O) groups excluding carboxylic acids is 1. The van der Waals surface area contributed by atoms with Crippen LogP contribution in [0.25, 0.3) is 0 Å². The van der Waals surface area contributed by atoms with E-state index in [1.54, 1.807) is 6.07 Å². The highest BCUT2D eigenvalue weighted by atomic mass is 19.1. The van der Waals surface area contributed by atoms with Crippen LogP contribution in [0.2, 0.25) is 0 Å². The van der Waals surface area contributed by atoms with Gasteiger partial charge in [0.2, 0.25) is 5.91 Å². The quantitative estimate of drug-likeness (QED) is 0.789. The van der Waals surface area contributed by atoms with Crippen molar-refractivity contribution in [2.75, 3.05) is 39.5 Å². The van der Waals surface area contributed by atoms with Gasteiger partial charge in [-0.1, -0.05) is 19.1 Å². The summed E-state index contributed by atoms with van der Waals surface area (Å²) < 4.78 is 24.5. The van der Waals surface area contributed by atoms with Crippen LogP contribution in [0.5, 0.6) is 0 Å². The highest BCUT2D eigenvalue weighted by Gasteiger charge is 2.25. The summed E-state index contributed by atoms with van der Waals surface area (Å²) in [6, 6.07) is 6.49. The molecular weight excluding hydrogens is 311 g/mol. The van der Waals surface area contributed by atoms with Crippen LogP contribution in [0.4, 0.5) is 4.39 Å². The number of carbonyl (C=O) groups is 1. The summed E-state index contributed by atoms with van der Waals surface area (Å²) in [5, 5.41) is 2.96. The topological polar surface area (TPSA) is 50.8 Å². The smallest absolute Gasteiger partial charge is 0.249 e. The normalized spacial score (nSPS) is 18.1. The summed E-state index contributed by atoms with van der Waals surface area (Å²) in [6.45, 7) is 7.55. The summed E-state index contributed by atoms with van der Waals surface area (Å²) in [5.74, 6) is -0.383. The van der Waals surface area contributed by atoms with Crippen LogP contribution in [-0.2, 0) is 14.3 Å². The number of morpholine rings is 1. The lowest BCUT2D eigenvalue weighted by atomic mass is 10.0. The number of nitrogens with zero attached hydrogens (tertiary/aromatic N) is 1. The van der Waals surface area contributed by atoms with E-state index in [-0.39, 0.29) is 17.8 Å². The molecule has 6 heteroatoms. The lowest BCUT2D eigenvalue weighted by Gasteiger charge is -2.35. The van der Waals surface area contributed by atoms with E-state index in [2.05, 4.69) is 10.2 Å². The molecule has 0 unspecified atom stereocenters. The maximum Gasteiger partial charge on any atom is 0.249 e. The van der Waals surface area contributed by atoms with Crippen molar-refractivity contribution >= 4 is 5.91 Å². The number of halogens is 1. The van der Waals surface area contributed by atoms with E-state index in [0.29, 0.717) is 32.8 Å². The first kappa shape index (κ1) is 18.8. The zero-order valence-corrected chi connectivity index (χ0v) is 14.5. The number of benzene rings is 1. The van der Waals surface area contributed by atoms with Crippen molar-refractivity contribution in [1.82, 2.24) is 10.2 Å². The Morgan fingerprint density at radius 1 is 1.38 bits per heavy atom. The molecule has 1 N–H and O–H groups in total. The first-order valence-electron chi connectivity index (χ1n) is 8.62. The van der Waals surface area contributed by atoms with Crippen LogP contribution in [-0.4, -0.2) is 56.4 Å². The molecule has 24 heavy (non-hydrogen) atoms. The molecule has 2 atom stereocenters. The lowest BCUT2D eigenvalue weighted by molar-refractivity contribution is -0.133. The number of ether oxygens (including phenoxy) is 2. The van der Waals surface area contributed by atoms with E-state index in [4.69, 9.17) is 9.47 Å². The lowest BCUT2D eigenvalue weighted by Crippen LogP contribution is -2.45. The van der Waals surface area contributed by atoms with Crippen LogP contribution >= 0.6 is 0 Å². The number of hydrogen-bond donors (Lipinski definition) is 1. The van der Waals surface area contributed by atoms with E-state index in [0.717, 1.165) is 18.7 Å². The minimum absolute atomic E-state index is 0.0762. The standard InChI is InChI=1S/C18H27FN2O3/c1-3-17(24-4-2)18(22)20-13-16(21-8-10-23-11-9-21)14-6-5-7-15(19)12-14/h5-7,12,16-17H,3-4,8-11,13H2,1-2H3,(H,20,22)/t16-,17-/m0/s1. The number of amides is 1. The molecule has 1 aliphatic heterocycles. The Labute approximate surface area is 143 Å². The van der Waals surface area contributed by atoms with Gasteiger partial charge in [-0.05, 0) is 31.0 Å². The summed E-state index contributed by atoms with van der Waals surface area (Å²) >= 11 is 0. The van der Waals surface area contributed by atoms with Gasteiger partial charge in [-0.15, -0.1) is 0 Å². The number of nitrogens with one attached hydrogen (secondary N) is 1. The first-order chi connectivity index (χ1) is 11.7. The second-order valence-electron chi connectivity index (χ2n) is 5.82. The van der Waals surface area contributed by atoms with E-state index >= 15 is 0 Å². The third-order valence-corrected chi connectivity index (χ3v) is 4.22. The summed E-state index contributed by atoms with van der Waals surface area (Å²) in [6.07, 6.45) is 0.190. The molecule has 1 amide bonds. The fraction of sp³-hybridized carbons (Fsp3) is 0.611. The molecule has 134 valence electrons. The molecule has 1 aromatic rings. The highest BCUT2D eigenvalue weighted by Crippen LogP contribution is 2.22. The van der Waals surface area contributed by atoms with Crippen LogP contribution in [0.15, 0.2) is 24.3 Å². The van der Waals surface area contributed by atoms with Crippen LogP contribution < -0.4 is 5.32 Å². The van der Waals surface area contributed by atoms with Gasteiger partial charge in [0.15, 0.2) is 0 Å². The Kier molecular flexibility index (Phi) is 7.62. The molecule has 1 heterocycles. The zero-order valence-electron chi connectivity index (χ0n) is 14.5. The Bertz CT molecular complexity index is 521. The second-order valence-corrected chi connectivity index (χ2v) is 5.82. The van der Waals surface area contributed by atoms with E-state index < -0.39 is 6.10 Å². The summed E-state index contributed by atoms with van der Waals surface area (Å²) in [7, 11) is 0. The van der Waals surface area contributed by atoms with E-state index in [9.17, 15) is 9.18 Å². The van der Waals surface area contributed by atoms with Gasteiger partial charge in [0, 0.05) is 26.2 Å². The molecule has 0 bridgehead atoms. The molecule has 1 aliphatic rings. The minimum Gasteiger partial charge on any atom is -0.379 e. The van der Waals surface area contributed by atoms with Gasteiger partial charge in [0.25, 0.3) is 0 Å². The van der Waals surface area contributed by atoms with Gasteiger partial charge < -0.3 is 14.8 Å². The van der Waals surface area contributed by atoms with Gasteiger partial charge in [0.1, 0.15) is 11.9 Å². The van der Waals surface area contributed by atoms with Crippen LogP contribution in [0.1, 0.15) is 31.9 Å². The fourth-order valence-corrected chi connectivity index (χ4v) is 2.95. The molecule has 0 saturated carbocycles. The van der Waals surface area contributed by atoms with Gasteiger partial charge in [-0.2, -0.15) is 0 Å². The highest BCUT2D eigenvalue weighted by molar-refractivity contribution is 5.80. The number of rotatable bonds is 8. The molecule has 0 aromatic heterocycles. The summed E-state index contributed by atoms with van der Waals surface area (Å²) in [4.78, 5) is 14.5. The van der Waals surface area contributed by atoms with Gasteiger partial charge in [-0.25, -0.2) is 4.39 Å². The number of hydrogen-bond acceptors (Lipinski definition) is 4. The van der Waals surface area contributed by atoms with E-state index in [1.165, 1.54) is 12.1 Å². The van der Waals surface area contributed by atoms with Crippen molar-refractivity contribution < 1.29 is 18.7 Å². The van der Waals surface area contributed by atoms with Crippen molar-refractivity contribution in [3.63, 3.8) is 0 Å². The molecular formula is C18H27FN2O3. The van der Waals surface area contributed by atoms with Crippen molar-refractivity contribution in [3.05, 3.63) is 35.6 Å². The Morgan fingerprint density at radius 3 is 2.75 bits per heavy atom. The average molecular weight is 338 g/mol. The Morgan fingerprint density at radius 2 is 2.12 bits per heavy atom. The maximum atomic E-state index is 13.6. The van der Waals surface area contributed by atoms with Gasteiger partial charge >= 0.3 is 0 Å². The van der Waals surface area contributed by atoms with Gasteiger partial charge in [0.05, 0.1) is 19.3 Å². The molecule has 1 saturated heterocycles. The van der Waals surface area contributed by atoms with Crippen molar-refractivity contribution in [2.45, 2.75) is 32.4 Å². The molecule has 0 spiro atoms. The molecule has 0 aliphatic carbocycles. The van der Waals surface area contributed by atoms with Crippen LogP contribution in [0, 0.1) is 5.82 Å². The van der Waals surface area contributed by atoms with Crippen molar-refractivity contribution in [1.29, 1.82) is 0 Å². The van der Waals surface area contributed by atoms with Gasteiger partial charge in [-0.3, -0.25) is 9.69 Å². The zero-order chi connectivity index (χ0) is 17.4. The monoisotopic (exact) mass is 338 g/mol. The van der Waals surface area contributed by atoms with Crippen LogP contribution in [0.3, 0.4) is 0 Å². The molecule has 2 rings (SSSR count). The SMILES string of the molecule is CCO[C@@H](CC)C(=O)NC[C@@H](c1cccc(F)c1)N1CCOCC1. The molecule has 1 fully saturated rings. The van der Waals surface area contributed by atoms with E-state index in [1.807, 2.05) is 19.9 Å². The maximum absolute atomic E-state index is 13.6. The predicted octanol–water partition coefficient (Wildman–Crippen LogP) is 2.13. The summed E-state index contributed by atoms with van der Waals surface area (Å²) in [5.41, 5.74) is 0.863. The third kappa shape index (κ3) is 5.26. The average Bonchev–Trinajstić information content (AvgIpc) is 2.60. The van der Waals surface area contributed by atoms with Crippen molar-refractivity contribution in [2.24, 2.45) is 0 Å². The predicted molar refractivity (Wildman–Crippen MR) is 90.2 cm³/mol. The van der Waals surface area contributed by atoms with Crippen molar-refractivity contribution in [3.8, 4) is 0 Å². The minimum atomic E-state index is -0.437. The first-order valence-corrected chi connectivity index (χ1v) is 8.62. The fourth-order valence-electron chi connectivity index (χ4n) is 2.95. The third-order valence-electron chi connectivity index (χ3n) is 4.22. The Hall–Kier alpha value is -1.50.